The molecule has 94 valence electrons. The summed E-state index contributed by atoms with van der Waals surface area (Å²) in [7, 11) is 0. The Morgan fingerprint density at radius 2 is 2.44 bits per heavy atom. The van der Waals surface area contributed by atoms with Gasteiger partial charge in [-0.2, -0.15) is 0 Å². The zero-order valence-electron chi connectivity index (χ0n) is 10.2. The van der Waals surface area contributed by atoms with Gasteiger partial charge in [0.2, 0.25) is 0 Å². The first-order valence-electron chi connectivity index (χ1n) is 6.07. The lowest BCUT2D eigenvalue weighted by molar-refractivity contribution is 0.00360. The second-order valence-electron chi connectivity index (χ2n) is 4.56. The van der Waals surface area contributed by atoms with Crippen LogP contribution in [0.2, 0.25) is 0 Å². The third-order valence-electron chi connectivity index (χ3n) is 3.30. The van der Waals surface area contributed by atoms with Crippen molar-refractivity contribution in [3.63, 3.8) is 0 Å². The molecule has 5 heteroatoms. The maximum atomic E-state index is 12.4. The van der Waals surface area contributed by atoms with Gasteiger partial charge in [-0.1, -0.05) is 0 Å². The molecule has 1 fully saturated rings. The number of aromatic amines is 1. The minimum atomic E-state index is 0.0577. The Morgan fingerprint density at radius 3 is 3.28 bits per heavy atom. The molecule has 1 aromatic carbocycles. The fraction of sp³-hybridized carbons (Fsp3) is 0.385. The van der Waals surface area contributed by atoms with Crippen LogP contribution in [0.3, 0.4) is 0 Å². The number of imidazole rings is 1. The summed E-state index contributed by atoms with van der Waals surface area (Å²) in [6.45, 7) is 3.88. The van der Waals surface area contributed by atoms with Gasteiger partial charge < -0.3 is 14.6 Å². The zero-order chi connectivity index (χ0) is 12.5. The molecule has 3 rings (SSSR count). The second-order valence-corrected chi connectivity index (χ2v) is 4.56. The van der Waals surface area contributed by atoms with Gasteiger partial charge >= 0.3 is 0 Å². The SMILES string of the molecule is C[C@@H]1COCCN1C(=O)c1ccc2nc[nH]c2c1. The number of carbonyl (C=O) groups excluding carboxylic acids is 1. The highest BCUT2D eigenvalue weighted by atomic mass is 16.5. The van der Waals surface area contributed by atoms with Gasteiger partial charge in [0, 0.05) is 12.1 Å². The van der Waals surface area contributed by atoms with E-state index in [2.05, 4.69) is 9.97 Å². The molecule has 1 aromatic heterocycles. The highest BCUT2D eigenvalue weighted by Crippen LogP contribution is 2.16. The van der Waals surface area contributed by atoms with Crippen molar-refractivity contribution in [2.24, 2.45) is 0 Å². The summed E-state index contributed by atoms with van der Waals surface area (Å²) < 4.78 is 5.35. The van der Waals surface area contributed by atoms with E-state index in [1.54, 1.807) is 6.33 Å². The van der Waals surface area contributed by atoms with E-state index in [-0.39, 0.29) is 11.9 Å². The summed E-state index contributed by atoms with van der Waals surface area (Å²) in [5, 5.41) is 0. The smallest absolute Gasteiger partial charge is 0.254 e. The van der Waals surface area contributed by atoms with Gasteiger partial charge in [-0.3, -0.25) is 4.79 Å². The number of amides is 1. The molecule has 1 atom stereocenters. The number of rotatable bonds is 1. The monoisotopic (exact) mass is 245 g/mol. The van der Waals surface area contributed by atoms with E-state index in [4.69, 9.17) is 4.74 Å². The van der Waals surface area contributed by atoms with Gasteiger partial charge in [-0.25, -0.2) is 4.98 Å². The van der Waals surface area contributed by atoms with Crippen LogP contribution in [0.5, 0.6) is 0 Å². The van der Waals surface area contributed by atoms with Crippen molar-refractivity contribution >= 4 is 16.9 Å². The zero-order valence-corrected chi connectivity index (χ0v) is 10.2. The summed E-state index contributed by atoms with van der Waals surface area (Å²) in [6.07, 6.45) is 1.64. The van der Waals surface area contributed by atoms with E-state index < -0.39 is 0 Å². The Labute approximate surface area is 105 Å². The number of ether oxygens (including phenoxy) is 1. The Balaban J connectivity index is 1.90. The minimum absolute atomic E-state index is 0.0577. The van der Waals surface area contributed by atoms with Crippen molar-refractivity contribution in [1.29, 1.82) is 0 Å². The molecular weight excluding hydrogens is 230 g/mol. The van der Waals surface area contributed by atoms with Crippen molar-refractivity contribution in [2.75, 3.05) is 19.8 Å². The molecule has 2 aromatic rings. The van der Waals surface area contributed by atoms with Gasteiger partial charge in [-0.15, -0.1) is 0 Å². The number of benzene rings is 1. The molecule has 0 aliphatic carbocycles. The number of carbonyl (C=O) groups is 1. The highest BCUT2D eigenvalue weighted by Gasteiger charge is 2.24. The molecule has 1 aliphatic heterocycles. The van der Waals surface area contributed by atoms with Gasteiger partial charge in [0.05, 0.1) is 36.6 Å². The number of morpholine rings is 1. The van der Waals surface area contributed by atoms with E-state index in [9.17, 15) is 4.79 Å². The molecule has 1 aliphatic rings. The standard InChI is InChI=1S/C13H15N3O2/c1-9-7-18-5-4-16(9)13(17)10-2-3-11-12(6-10)15-8-14-11/h2-3,6,8-9H,4-5,7H2,1H3,(H,14,15)/t9-/m1/s1. The maximum absolute atomic E-state index is 12.4. The molecule has 1 N–H and O–H groups in total. The number of hydrogen-bond donors (Lipinski definition) is 1. The first-order chi connectivity index (χ1) is 8.75. The van der Waals surface area contributed by atoms with Gasteiger partial charge in [0.15, 0.2) is 0 Å². The van der Waals surface area contributed by atoms with Crippen LogP contribution in [-0.2, 0) is 4.74 Å². The number of H-pyrrole nitrogens is 1. The van der Waals surface area contributed by atoms with Crippen molar-refractivity contribution < 1.29 is 9.53 Å². The molecule has 5 nitrogen and oxygen atoms in total. The Morgan fingerprint density at radius 1 is 1.56 bits per heavy atom. The van der Waals surface area contributed by atoms with Crippen LogP contribution in [0, 0.1) is 0 Å². The van der Waals surface area contributed by atoms with Crippen molar-refractivity contribution in [3.05, 3.63) is 30.1 Å². The van der Waals surface area contributed by atoms with Gasteiger partial charge in [0.25, 0.3) is 5.91 Å². The van der Waals surface area contributed by atoms with Gasteiger partial charge in [-0.05, 0) is 25.1 Å². The number of nitrogens with zero attached hydrogens (tertiary/aromatic N) is 2. The van der Waals surface area contributed by atoms with Crippen molar-refractivity contribution in [1.82, 2.24) is 14.9 Å². The van der Waals surface area contributed by atoms with Crippen LogP contribution < -0.4 is 0 Å². The second kappa shape index (κ2) is 4.42. The van der Waals surface area contributed by atoms with Crippen LogP contribution in [-0.4, -0.2) is 46.6 Å². The van der Waals surface area contributed by atoms with E-state index in [0.29, 0.717) is 25.3 Å². The molecule has 1 amide bonds. The average molecular weight is 245 g/mol. The number of fused-ring (bicyclic) bond motifs is 1. The first kappa shape index (κ1) is 11.2. The van der Waals surface area contributed by atoms with Crippen molar-refractivity contribution in [2.45, 2.75) is 13.0 Å². The Hall–Kier alpha value is -1.88. The normalized spacial score (nSPS) is 20.3. The number of aromatic nitrogens is 2. The Bertz CT molecular complexity index is 578. The predicted octanol–water partition coefficient (Wildman–Crippen LogP) is 1.42. The molecule has 2 heterocycles. The third-order valence-corrected chi connectivity index (χ3v) is 3.30. The van der Waals surface area contributed by atoms with E-state index >= 15 is 0 Å². The largest absolute Gasteiger partial charge is 0.377 e. The summed E-state index contributed by atoms with van der Waals surface area (Å²) in [4.78, 5) is 21.4. The molecule has 1 saturated heterocycles. The quantitative estimate of drug-likeness (QED) is 0.826. The molecule has 0 saturated carbocycles. The average Bonchev–Trinajstić information content (AvgIpc) is 2.85. The summed E-state index contributed by atoms with van der Waals surface area (Å²) >= 11 is 0. The molecule has 0 bridgehead atoms. The van der Waals surface area contributed by atoms with Crippen LogP contribution >= 0.6 is 0 Å². The van der Waals surface area contributed by atoms with Crippen molar-refractivity contribution in [3.8, 4) is 0 Å². The summed E-state index contributed by atoms with van der Waals surface area (Å²) in [6, 6.07) is 5.67. The lowest BCUT2D eigenvalue weighted by atomic mass is 10.1. The molecular formula is C13H15N3O2. The fourth-order valence-corrected chi connectivity index (χ4v) is 2.26. The van der Waals surface area contributed by atoms with Crippen LogP contribution in [0.4, 0.5) is 0 Å². The van der Waals surface area contributed by atoms with Crippen LogP contribution in [0.15, 0.2) is 24.5 Å². The van der Waals surface area contributed by atoms with E-state index in [0.717, 1.165) is 11.0 Å². The lowest BCUT2D eigenvalue weighted by Gasteiger charge is -2.33. The fourth-order valence-electron chi connectivity index (χ4n) is 2.26. The minimum Gasteiger partial charge on any atom is -0.377 e. The van der Waals surface area contributed by atoms with E-state index in [1.165, 1.54) is 0 Å². The lowest BCUT2D eigenvalue weighted by Crippen LogP contribution is -2.47. The molecule has 18 heavy (non-hydrogen) atoms. The van der Waals surface area contributed by atoms with Gasteiger partial charge in [0.1, 0.15) is 0 Å². The van der Waals surface area contributed by atoms with Crippen LogP contribution in [0.1, 0.15) is 17.3 Å². The topological polar surface area (TPSA) is 58.2 Å². The highest BCUT2D eigenvalue weighted by molar-refractivity contribution is 5.97. The molecule has 0 unspecified atom stereocenters. The van der Waals surface area contributed by atoms with Crippen LogP contribution in [0.25, 0.3) is 11.0 Å². The third kappa shape index (κ3) is 1.86. The number of nitrogens with one attached hydrogen (secondary N) is 1. The van der Waals surface area contributed by atoms with E-state index in [1.807, 2.05) is 30.0 Å². The predicted molar refractivity (Wildman–Crippen MR) is 67.4 cm³/mol. The molecule has 0 radical (unpaired) electrons. The Kier molecular flexibility index (Phi) is 2.76. The summed E-state index contributed by atoms with van der Waals surface area (Å²) in [5.41, 5.74) is 2.46. The first-order valence-corrected chi connectivity index (χ1v) is 6.07. The molecule has 0 spiro atoms. The summed E-state index contributed by atoms with van der Waals surface area (Å²) in [5.74, 6) is 0.0577. The maximum Gasteiger partial charge on any atom is 0.254 e. The number of hydrogen-bond acceptors (Lipinski definition) is 3.